The van der Waals surface area contributed by atoms with Gasteiger partial charge in [0, 0.05) is 36.8 Å². The van der Waals surface area contributed by atoms with E-state index in [9.17, 15) is 14.7 Å². The summed E-state index contributed by atoms with van der Waals surface area (Å²) in [6, 6.07) is 11.3. The van der Waals surface area contributed by atoms with E-state index >= 15 is 0 Å². The number of hydrogen-bond acceptors (Lipinski definition) is 7. The number of morpholine rings is 1. The van der Waals surface area contributed by atoms with Crippen molar-refractivity contribution in [3.8, 4) is 11.5 Å². The van der Waals surface area contributed by atoms with Gasteiger partial charge in [-0.25, -0.2) is 0 Å². The normalized spacial score (nSPS) is 22.0. The van der Waals surface area contributed by atoms with Crippen LogP contribution >= 0.6 is 11.6 Å². The third-order valence-corrected chi connectivity index (χ3v) is 6.77. The van der Waals surface area contributed by atoms with Crippen molar-refractivity contribution in [2.45, 2.75) is 12.5 Å². The van der Waals surface area contributed by atoms with Crippen molar-refractivity contribution in [2.75, 3.05) is 52.6 Å². The number of carbonyl (C=O) groups is 2. The molecule has 3 heterocycles. The molecule has 1 N–H and O–H groups in total. The smallest absolute Gasteiger partial charge is 0.295 e. The number of likely N-dealkylation sites (tertiary alicyclic amines) is 1. The zero-order chi connectivity index (χ0) is 24.4. The van der Waals surface area contributed by atoms with Gasteiger partial charge in [0.2, 0.25) is 0 Å². The number of halogens is 1. The van der Waals surface area contributed by atoms with Gasteiger partial charge in [-0.2, -0.15) is 0 Å². The summed E-state index contributed by atoms with van der Waals surface area (Å²) in [7, 11) is 0. The highest BCUT2D eigenvalue weighted by Gasteiger charge is 2.45. The molecule has 0 aliphatic carbocycles. The maximum atomic E-state index is 13.2. The molecule has 0 bridgehead atoms. The van der Waals surface area contributed by atoms with Crippen molar-refractivity contribution in [3.63, 3.8) is 0 Å². The summed E-state index contributed by atoms with van der Waals surface area (Å²) < 4.78 is 16.6. The van der Waals surface area contributed by atoms with Gasteiger partial charge < -0.3 is 24.2 Å². The van der Waals surface area contributed by atoms with Crippen LogP contribution in [0.3, 0.4) is 0 Å². The van der Waals surface area contributed by atoms with Gasteiger partial charge in [0.25, 0.3) is 11.7 Å². The summed E-state index contributed by atoms with van der Waals surface area (Å²) in [4.78, 5) is 30.2. The molecule has 9 heteroatoms. The minimum Gasteiger partial charge on any atom is -0.507 e. The summed E-state index contributed by atoms with van der Waals surface area (Å²) in [5.74, 6) is -0.501. The molecule has 1 atom stereocenters. The number of aliphatic hydroxyl groups excluding tert-OH is 1. The zero-order valence-electron chi connectivity index (χ0n) is 19.2. The minimum absolute atomic E-state index is 0.0559. The van der Waals surface area contributed by atoms with Crippen LogP contribution in [0.1, 0.15) is 23.6 Å². The van der Waals surface area contributed by atoms with Crippen molar-refractivity contribution in [1.82, 2.24) is 9.80 Å². The van der Waals surface area contributed by atoms with Crippen molar-refractivity contribution in [3.05, 3.63) is 64.2 Å². The fourth-order valence-electron chi connectivity index (χ4n) is 4.74. The molecule has 2 saturated heterocycles. The maximum absolute atomic E-state index is 13.2. The largest absolute Gasteiger partial charge is 0.507 e. The molecule has 2 aromatic carbocycles. The van der Waals surface area contributed by atoms with Crippen LogP contribution in [-0.4, -0.2) is 79.2 Å². The number of amides is 1. The van der Waals surface area contributed by atoms with Gasteiger partial charge in [-0.1, -0.05) is 23.7 Å². The first kappa shape index (κ1) is 23.7. The summed E-state index contributed by atoms with van der Waals surface area (Å²) in [6.45, 7) is 5.12. The molecule has 5 rings (SSSR count). The summed E-state index contributed by atoms with van der Waals surface area (Å²) in [6.07, 6.45) is 0.696. The Morgan fingerprint density at radius 3 is 2.40 bits per heavy atom. The highest BCUT2D eigenvalue weighted by Crippen LogP contribution is 2.41. The fourth-order valence-corrected chi connectivity index (χ4v) is 4.86. The Hall–Kier alpha value is -3.07. The van der Waals surface area contributed by atoms with Gasteiger partial charge >= 0.3 is 0 Å². The van der Waals surface area contributed by atoms with Crippen LogP contribution in [0, 0.1) is 0 Å². The van der Waals surface area contributed by atoms with Crippen LogP contribution in [0.2, 0.25) is 5.02 Å². The van der Waals surface area contributed by atoms with Crippen molar-refractivity contribution in [1.29, 1.82) is 0 Å². The molecule has 0 radical (unpaired) electrons. The molecule has 1 amide bonds. The van der Waals surface area contributed by atoms with Crippen LogP contribution in [0.25, 0.3) is 5.76 Å². The number of hydrogen-bond donors (Lipinski definition) is 1. The minimum atomic E-state index is -0.717. The van der Waals surface area contributed by atoms with E-state index in [2.05, 4.69) is 4.90 Å². The van der Waals surface area contributed by atoms with E-state index in [1.807, 2.05) is 0 Å². The third-order valence-electron chi connectivity index (χ3n) is 6.52. The standard InChI is InChI=1S/C26H27ClN2O6/c27-19-5-2-17(3-6-19)23-22(24(30)18-4-7-20-21(16-18)35-15-14-34-20)25(31)26(32)29(23)9-1-8-28-10-12-33-13-11-28/h2-7,16,23,30H,1,8-15H2/t23-/m0/s1. The van der Waals surface area contributed by atoms with E-state index in [0.29, 0.717) is 67.0 Å². The molecular weight excluding hydrogens is 472 g/mol. The molecule has 3 aliphatic rings. The van der Waals surface area contributed by atoms with Crippen molar-refractivity contribution in [2.24, 2.45) is 0 Å². The van der Waals surface area contributed by atoms with Crippen LogP contribution in [0.5, 0.6) is 11.5 Å². The Bertz CT molecular complexity index is 1140. The van der Waals surface area contributed by atoms with E-state index in [0.717, 1.165) is 19.6 Å². The molecule has 35 heavy (non-hydrogen) atoms. The van der Waals surface area contributed by atoms with Gasteiger partial charge in [-0.05, 0) is 42.3 Å². The summed E-state index contributed by atoms with van der Waals surface area (Å²) in [5.41, 5.74) is 1.15. The number of ether oxygens (including phenoxy) is 3. The lowest BCUT2D eigenvalue weighted by molar-refractivity contribution is -0.140. The zero-order valence-corrected chi connectivity index (χ0v) is 20.0. The van der Waals surface area contributed by atoms with Gasteiger partial charge in [-0.15, -0.1) is 0 Å². The second-order valence-electron chi connectivity index (χ2n) is 8.71. The van der Waals surface area contributed by atoms with Crippen LogP contribution in [-0.2, 0) is 14.3 Å². The average molecular weight is 499 g/mol. The molecular formula is C26H27ClN2O6. The number of aliphatic hydroxyl groups is 1. The fraction of sp³-hybridized carbons (Fsp3) is 0.385. The number of Topliss-reactive ketones (excluding diaryl/α,β-unsaturated/α-hetero) is 1. The lowest BCUT2D eigenvalue weighted by Gasteiger charge is -2.29. The predicted octanol–water partition coefficient (Wildman–Crippen LogP) is 3.26. The Morgan fingerprint density at radius 2 is 1.66 bits per heavy atom. The number of fused-ring (bicyclic) bond motifs is 1. The van der Waals surface area contributed by atoms with E-state index in [-0.39, 0.29) is 11.3 Å². The van der Waals surface area contributed by atoms with E-state index in [1.165, 1.54) is 0 Å². The third kappa shape index (κ3) is 4.87. The topological polar surface area (TPSA) is 88.5 Å². The number of ketones is 1. The lowest BCUT2D eigenvalue weighted by Crippen LogP contribution is -2.38. The number of benzene rings is 2. The second-order valence-corrected chi connectivity index (χ2v) is 9.15. The van der Waals surface area contributed by atoms with Crippen molar-refractivity contribution >= 4 is 29.1 Å². The molecule has 2 aromatic rings. The first-order valence-electron chi connectivity index (χ1n) is 11.8. The molecule has 2 fully saturated rings. The molecule has 8 nitrogen and oxygen atoms in total. The second kappa shape index (κ2) is 10.3. The highest BCUT2D eigenvalue weighted by molar-refractivity contribution is 6.46. The van der Waals surface area contributed by atoms with Crippen LogP contribution in [0.4, 0.5) is 0 Å². The van der Waals surface area contributed by atoms with E-state index < -0.39 is 17.7 Å². The molecule has 0 aromatic heterocycles. The average Bonchev–Trinajstić information content (AvgIpc) is 3.14. The molecule has 3 aliphatic heterocycles. The predicted molar refractivity (Wildman–Crippen MR) is 130 cm³/mol. The summed E-state index contributed by atoms with van der Waals surface area (Å²) in [5, 5.41) is 11.8. The monoisotopic (exact) mass is 498 g/mol. The van der Waals surface area contributed by atoms with Crippen LogP contribution in [0.15, 0.2) is 48.0 Å². The van der Waals surface area contributed by atoms with E-state index in [4.69, 9.17) is 25.8 Å². The maximum Gasteiger partial charge on any atom is 0.295 e. The highest BCUT2D eigenvalue weighted by atomic mass is 35.5. The number of nitrogens with zero attached hydrogens (tertiary/aromatic N) is 2. The summed E-state index contributed by atoms with van der Waals surface area (Å²) >= 11 is 6.09. The Morgan fingerprint density at radius 1 is 0.943 bits per heavy atom. The quantitative estimate of drug-likeness (QED) is 0.371. The SMILES string of the molecule is O=C1C(=O)N(CCCN2CCOCC2)[C@@H](c2ccc(Cl)cc2)C1=C(O)c1ccc2c(c1)OCCO2. The number of rotatable bonds is 6. The number of carbonyl (C=O) groups excluding carboxylic acids is 2. The van der Waals surface area contributed by atoms with E-state index in [1.54, 1.807) is 47.4 Å². The Labute approximate surface area is 208 Å². The Kier molecular flexibility index (Phi) is 6.95. The molecule has 184 valence electrons. The van der Waals surface area contributed by atoms with Gasteiger partial charge in [0.1, 0.15) is 19.0 Å². The first-order chi connectivity index (χ1) is 17.0. The molecule has 0 saturated carbocycles. The first-order valence-corrected chi connectivity index (χ1v) is 12.1. The lowest BCUT2D eigenvalue weighted by atomic mass is 9.95. The molecule has 0 spiro atoms. The molecule has 0 unspecified atom stereocenters. The van der Waals surface area contributed by atoms with Crippen molar-refractivity contribution < 1.29 is 28.9 Å². The Balaban J connectivity index is 1.48. The van der Waals surface area contributed by atoms with Gasteiger partial charge in [0.05, 0.1) is 24.8 Å². The van der Waals surface area contributed by atoms with Gasteiger partial charge in [-0.3, -0.25) is 14.5 Å². The van der Waals surface area contributed by atoms with Crippen LogP contribution < -0.4 is 9.47 Å². The van der Waals surface area contributed by atoms with Gasteiger partial charge in [0.15, 0.2) is 11.5 Å².